The van der Waals surface area contributed by atoms with Gasteiger partial charge in [0.15, 0.2) is 5.78 Å². The number of anilines is 2. The average molecular weight is 387 g/mol. The zero-order valence-electron chi connectivity index (χ0n) is 12.3. The van der Waals surface area contributed by atoms with Crippen molar-refractivity contribution in [3.8, 4) is 0 Å². The van der Waals surface area contributed by atoms with E-state index in [1.54, 1.807) is 0 Å². The zero-order valence-corrected chi connectivity index (χ0v) is 14.7. The quantitative estimate of drug-likeness (QED) is 0.807. The van der Waals surface area contributed by atoms with Gasteiger partial charge in [-0.1, -0.05) is 22.9 Å². The SMILES string of the molecule is CC(=O)Nc1nnc(S(=O)(=O)N2CCC(=O)c3cc(Cl)ccc32)s1. The first-order valence-electron chi connectivity index (χ1n) is 6.75. The van der Waals surface area contributed by atoms with Crippen LogP contribution in [0.1, 0.15) is 23.7 Å². The molecule has 126 valence electrons. The number of aromatic nitrogens is 2. The molecule has 0 saturated carbocycles. The van der Waals surface area contributed by atoms with E-state index in [-0.39, 0.29) is 45.4 Å². The van der Waals surface area contributed by atoms with Gasteiger partial charge in [0.25, 0.3) is 14.4 Å². The third-order valence-electron chi connectivity index (χ3n) is 3.27. The molecule has 0 fully saturated rings. The number of benzene rings is 1. The number of hydrogen-bond acceptors (Lipinski definition) is 7. The van der Waals surface area contributed by atoms with Crippen LogP contribution in [0, 0.1) is 0 Å². The fourth-order valence-corrected chi connectivity index (χ4v) is 4.97. The highest BCUT2D eigenvalue weighted by Gasteiger charge is 2.35. The third-order valence-corrected chi connectivity index (χ3v) is 6.50. The van der Waals surface area contributed by atoms with Crippen molar-refractivity contribution in [2.45, 2.75) is 17.7 Å². The van der Waals surface area contributed by atoms with Gasteiger partial charge < -0.3 is 5.32 Å². The Labute approximate surface area is 146 Å². The zero-order chi connectivity index (χ0) is 17.5. The number of ketones is 1. The second kappa shape index (κ2) is 6.11. The molecule has 0 bridgehead atoms. The molecule has 1 amide bonds. The maximum absolute atomic E-state index is 12.8. The molecule has 0 spiro atoms. The van der Waals surface area contributed by atoms with Crippen LogP contribution in [0.2, 0.25) is 5.02 Å². The van der Waals surface area contributed by atoms with Gasteiger partial charge in [0.05, 0.1) is 5.69 Å². The molecule has 0 atom stereocenters. The Morgan fingerprint density at radius 3 is 2.83 bits per heavy atom. The molecule has 11 heteroatoms. The molecule has 0 aliphatic carbocycles. The van der Waals surface area contributed by atoms with Crippen LogP contribution in [0.4, 0.5) is 10.8 Å². The lowest BCUT2D eigenvalue weighted by atomic mass is 10.0. The van der Waals surface area contributed by atoms with Gasteiger partial charge in [-0.2, -0.15) is 8.42 Å². The molecule has 3 rings (SSSR count). The van der Waals surface area contributed by atoms with Crippen LogP contribution in [0.3, 0.4) is 0 Å². The number of fused-ring (bicyclic) bond motifs is 1. The summed E-state index contributed by atoms with van der Waals surface area (Å²) in [4.78, 5) is 23.0. The Balaban J connectivity index is 2.02. The highest BCUT2D eigenvalue weighted by Crippen LogP contribution is 2.34. The Kier molecular flexibility index (Phi) is 4.28. The topological polar surface area (TPSA) is 109 Å². The molecule has 1 aromatic heterocycles. The number of Topliss-reactive ketones (excluding diaryl/α,β-unsaturated/α-hetero) is 1. The summed E-state index contributed by atoms with van der Waals surface area (Å²) in [5.74, 6) is -0.547. The smallest absolute Gasteiger partial charge is 0.293 e. The van der Waals surface area contributed by atoms with E-state index in [0.29, 0.717) is 5.02 Å². The number of halogens is 1. The molecule has 1 N–H and O–H groups in total. The van der Waals surface area contributed by atoms with Crippen LogP contribution in [0.5, 0.6) is 0 Å². The molecule has 24 heavy (non-hydrogen) atoms. The minimum absolute atomic E-state index is 0.00481. The molecule has 0 unspecified atom stereocenters. The molecule has 1 aliphatic rings. The number of carbonyl (C=O) groups is 2. The number of nitrogens with one attached hydrogen (secondary N) is 1. The highest BCUT2D eigenvalue weighted by molar-refractivity contribution is 7.94. The number of rotatable bonds is 3. The third kappa shape index (κ3) is 2.99. The van der Waals surface area contributed by atoms with Crippen LogP contribution in [-0.2, 0) is 14.8 Å². The van der Waals surface area contributed by atoms with Gasteiger partial charge in [0.2, 0.25) is 11.0 Å². The first-order valence-corrected chi connectivity index (χ1v) is 9.39. The molecule has 0 saturated heterocycles. The van der Waals surface area contributed by atoms with Crippen molar-refractivity contribution in [1.29, 1.82) is 0 Å². The van der Waals surface area contributed by atoms with Gasteiger partial charge >= 0.3 is 0 Å². The molecule has 1 aliphatic heterocycles. The summed E-state index contributed by atoms with van der Waals surface area (Å²) < 4.78 is 26.5. The first-order chi connectivity index (χ1) is 11.3. The van der Waals surface area contributed by atoms with Crippen LogP contribution < -0.4 is 9.62 Å². The average Bonchev–Trinajstić information content (AvgIpc) is 2.96. The molecule has 1 aromatic carbocycles. The monoisotopic (exact) mass is 386 g/mol. The van der Waals surface area contributed by atoms with Crippen LogP contribution >= 0.6 is 22.9 Å². The van der Waals surface area contributed by atoms with E-state index >= 15 is 0 Å². The van der Waals surface area contributed by atoms with Crippen LogP contribution in [-0.4, -0.2) is 36.9 Å². The van der Waals surface area contributed by atoms with Gasteiger partial charge in [-0.15, -0.1) is 10.2 Å². The summed E-state index contributed by atoms with van der Waals surface area (Å²) in [5, 5.41) is 10.1. The van der Waals surface area contributed by atoms with Gasteiger partial charge in [-0.3, -0.25) is 13.9 Å². The Hall–Kier alpha value is -2.04. The fraction of sp³-hybridized carbons (Fsp3) is 0.231. The van der Waals surface area contributed by atoms with Crippen molar-refractivity contribution in [3.05, 3.63) is 28.8 Å². The standard InChI is InChI=1S/C13H11ClN4O4S2/c1-7(19)15-12-16-17-13(23-12)24(21,22)18-5-4-11(20)9-6-8(14)2-3-10(9)18/h2-3,6H,4-5H2,1H3,(H,15,16,19). The number of sulfonamides is 1. The first kappa shape index (κ1) is 16.8. The second-order valence-corrected chi connectivity index (χ2v) is 8.42. The summed E-state index contributed by atoms with van der Waals surface area (Å²) in [5.41, 5.74) is 0.510. The summed E-state index contributed by atoms with van der Waals surface area (Å²) in [6.07, 6.45) is 0.0456. The van der Waals surface area contributed by atoms with E-state index < -0.39 is 10.0 Å². The number of hydrogen-bond donors (Lipinski definition) is 1. The second-order valence-electron chi connectivity index (χ2n) is 4.97. The fourth-order valence-electron chi connectivity index (χ4n) is 2.27. The van der Waals surface area contributed by atoms with Crippen molar-refractivity contribution < 1.29 is 18.0 Å². The molecule has 2 aromatic rings. The number of carbonyl (C=O) groups excluding carboxylic acids is 2. The predicted octanol–water partition coefficient (Wildman–Crippen LogP) is 1.93. The maximum Gasteiger partial charge on any atom is 0.293 e. The number of amides is 1. The van der Waals surface area contributed by atoms with Gasteiger partial charge in [0, 0.05) is 30.5 Å². The largest absolute Gasteiger partial charge is 0.301 e. The van der Waals surface area contributed by atoms with Crippen molar-refractivity contribution >= 4 is 55.5 Å². The van der Waals surface area contributed by atoms with Crippen molar-refractivity contribution in [1.82, 2.24) is 10.2 Å². The van der Waals surface area contributed by atoms with Gasteiger partial charge in [0.1, 0.15) is 0 Å². The van der Waals surface area contributed by atoms with Crippen LogP contribution in [0.25, 0.3) is 0 Å². The normalized spacial score (nSPS) is 14.4. The van der Waals surface area contributed by atoms with E-state index in [0.717, 1.165) is 15.6 Å². The molecule has 0 radical (unpaired) electrons. The molecular weight excluding hydrogens is 376 g/mol. The summed E-state index contributed by atoms with van der Waals surface area (Å²) >= 11 is 6.64. The van der Waals surface area contributed by atoms with Crippen molar-refractivity contribution in [3.63, 3.8) is 0 Å². The Morgan fingerprint density at radius 1 is 1.38 bits per heavy atom. The lowest BCUT2D eigenvalue weighted by Gasteiger charge is -2.28. The molecule has 8 nitrogen and oxygen atoms in total. The maximum atomic E-state index is 12.8. The Morgan fingerprint density at radius 2 is 2.12 bits per heavy atom. The predicted molar refractivity (Wildman–Crippen MR) is 89.1 cm³/mol. The van der Waals surface area contributed by atoms with E-state index in [2.05, 4.69) is 15.5 Å². The highest BCUT2D eigenvalue weighted by atomic mass is 35.5. The summed E-state index contributed by atoms with van der Waals surface area (Å²) in [6.45, 7) is 1.29. The number of nitrogens with zero attached hydrogens (tertiary/aromatic N) is 3. The van der Waals surface area contributed by atoms with E-state index in [9.17, 15) is 18.0 Å². The molecule has 2 heterocycles. The van der Waals surface area contributed by atoms with Crippen LogP contribution in [0.15, 0.2) is 22.5 Å². The minimum atomic E-state index is -4.00. The lowest BCUT2D eigenvalue weighted by molar-refractivity contribution is -0.114. The minimum Gasteiger partial charge on any atom is -0.301 e. The Bertz CT molecular complexity index is 941. The van der Waals surface area contributed by atoms with E-state index in [1.807, 2.05) is 0 Å². The summed E-state index contributed by atoms with van der Waals surface area (Å²) in [6, 6.07) is 4.45. The summed E-state index contributed by atoms with van der Waals surface area (Å²) in [7, 11) is -4.00. The van der Waals surface area contributed by atoms with Crippen molar-refractivity contribution in [2.75, 3.05) is 16.2 Å². The van der Waals surface area contributed by atoms with Gasteiger partial charge in [-0.25, -0.2) is 0 Å². The van der Waals surface area contributed by atoms with E-state index in [1.165, 1.54) is 25.1 Å². The lowest BCUT2D eigenvalue weighted by Crippen LogP contribution is -2.37. The van der Waals surface area contributed by atoms with Gasteiger partial charge in [-0.05, 0) is 18.2 Å². The van der Waals surface area contributed by atoms with E-state index in [4.69, 9.17) is 11.6 Å². The molecular formula is C13H11ClN4O4S2. The van der Waals surface area contributed by atoms with Crippen molar-refractivity contribution in [2.24, 2.45) is 0 Å².